The number of hydrogen-bond donors (Lipinski definition) is 2. The Bertz CT molecular complexity index is 710. The van der Waals surface area contributed by atoms with Gasteiger partial charge in [-0.05, 0) is 43.2 Å². The lowest BCUT2D eigenvalue weighted by atomic mass is 10.1. The lowest BCUT2D eigenvalue weighted by Crippen LogP contribution is -2.21. The summed E-state index contributed by atoms with van der Waals surface area (Å²) in [6.07, 6.45) is 0. The van der Waals surface area contributed by atoms with Crippen molar-refractivity contribution in [3.05, 3.63) is 59.2 Å². The lowest BCUT2D eigenvalue weighted by Gasteiger charge is -2.12. The number of para-hydroxylation sites is 1. The molecule has 2 rings (SSSR count). The average Bonchev–Trinajstić information content (AvgIpc) is 2.45. The second kappa shape index (κ2) is 6.76. The van der Waals surface area contributed by atoms with E-state index in [1.807, 2.05) is 25.1 Å². The van der Waals surface area contributed by atoms with Crippen LogP contribution in [0.25, 0.3) is 0 Å². The van der Waals surface area contributed by atoms with Gasteiger partial charge in [0.15, 0.2) is 6.61 Å². The Hall–Kier alpha value is -2.82. The van der Waals surface area contributed by atoms with Gasteiger partial charge >= 0.3 is 5.97 Å². The predicted octanol–water partition coefficient (Wildman–Crippen LogP) is 3.02. The highest BCUT2D eigenvalue weighted by molar-refractivity contribution is 5.93. The van der Waals surface area contributed by atoms with Crippen LogP contribution < -0.4 is 10.1 Å². The molecule has 5 heteroatoms. The molecule has 0 spiro atoms. The maximum absolute atomic E-state index is 11.9. The molecule has 0 aromatic heterocycles. The molecule has 2 aromatic carbocycles. The van der Waals surface area contributed by atoms with Crippen LogP contribution in [-0.2, 0) is 4.79 Å². The summed E-state index contributed by atoms with van der Waals surface area (Å²) in [6.45, 7) is 3.41. The number of benzene rings is 2. The van der Waals surface area contributed by atoms with Crippen LogP contribution in [0.15, 0.2) is 42.5 Å². The molecule has 0 aliphatic rings. The maximum atomic E-state index is 11.9. The fourth-order valence-corrected chi connectivity index (χ4v) is 2.07. The Balaban J connectivity index is 2.04. The Morgan fingerprint density at radius 1 is 1.14 bits per heavy atom. The molecular weight excluding hydrogens is 282 g/mol. The monoisotopic (exact) mass is 299 g/mol. The standard InChI is InChI=1S/C17H17NO4/c1-11-5-3-7-13(9-11)18-15(19)10-22-16-12(2)6-4-8-14(16)17(20)21/h3-9H,10H2,1-2H3,(H,18,19)(H,20,21). The van der Waals surface area contributed by atoms with E-state index >= 15 is 0 Å². The topological polar surface area (TPSA) is 75.6 Å². The van der Waals surface area contributed by atoms with Crippen LogP contribution in [0.3, 0.4) is 0 Å². The molecule has 1 amide bonds. The van der Waals surface area contributed by atoms with Gasteiger partial charge in [-0.25, -0.2) is 4.79 Å². The lowest BCUT2D eigenvalue weighted by molar-refractivity contribution is -0.118. The smallest absolute Gasteiger partial charge is 0.339 e. The van der Waals surface area contributed by atoms with Crippen molar-refractivity contribution >= 4 is 17.6 Å². The number of carboxylic acid groups (broad SMARTS) is 1. The van der Waals surface area contributed by atoms with E-state index in [-0.39, 0.29) is 23.8 Å². The number of carboxylic acids is 1. The van der Waals surface area contributed by atoms with Crippen molar-refractivity contribution in [3.63, 3.8) is 0 Å². The highest BCUT2D eigenvalue weighted by atomic mass is 16.5. The zero-order valence-corrected chi connectivity index (χ0v) is 12.4. The molecule has 0 atom stereocenters. The summed E-state index contributed by atoms with van der Waals surface area (Å²) >= 11 is 0. The molecule has 0 aliphatic heterocycles. The number of aromatic carboxylic acids is 1. The number of ether oxygens (including phenoxy) is 1. The molecule has 22 heavy (non-hydrogen) atoms. The number of hydrogen-bond acceptors (Lipinski definition) is 3. The largest absolute Gasteiger partial charge is 0.483 e. The van der Waals surface area contributed by atoms with Crippen molar-refractivity contribution in [2.24, 2.45) is 0 Å². The van der Waals surface area contributed by atoms with Crippen molar-refractivity contribution in [3.8, 4) is 5.75 Å². The summed E-state index contributed by atoms with van der Waals surface area (Å²) in [4.78, 5) is 23.1. The second-order valence-electron chi connectivity index (χ2n) is 4.96. The molecule has 0 radical (unpaired) electrons. The van der Waals surface area contributed by atoms with Crippen molar-refractivity contribution in [2.75, 3.05) is 11.9 Å². The molecule has 0 aliphatic carbocycles. The third-order valence-corrected chi connectivity index (χ3v) is 3.09. The van der Waals surface area contributed by atoms with Crippen LogP contribution in [0.1, 0.15) is 21.5 Å². The van der Waals surface area contributed by atoms with Gasteiger partial charge in [0.1, 0.15) is 11.3 Å². The molecule has 0 saturated carbocycles. The molecule has 0 fully saturated rings. The van der Waals surface area contributed by atoms with E-state index in [4.69, 9.17) is 9.84 Å². The maximum Gasteiger partial charge on any atom is 0.339 e. The number of aryl methyl sites for hydroxylation is 2. The first kappa shape index (κ1) is 15.6. The molecule has 5 nitrogen and oxygen atoms in total. The number of amides is 1. The van der Waals surface area contributed by atoms with Crippen LogP contribution in [0.4, 0.5) is 5.69 Å². The molecule has 2 N–H and O–H groups in total. The van der Waals surface area contributed by atoms with Crippen molar-refractivity contribution in [1.82, 2.24) is 0 Å². The van der Waals surface area contributed by atoms with Crippen LogP contribution in [-0.4, -0.2) is 23.6 Å². The van der Waals surface area contributed by atoms with Gasteiger partial charge in [0.25, 0.3) is 5.91 Å². The summed E-state index contributed by atoms with van der Waals surface area (Å²) in [5.74, 6) is -1.21. The highest BCUT2D eigenvalue weighted by Gasteiger charge is 2.14. The van der Waals surface area contributed by atoms with Gasteiger partial charge in [-0.15, -0.1) is 0 Å². The van der Waals surface area contributed by atoms with Gasteiger partial charge in [0.05, 0.1) is 0 Å². The summed E-state index contributed by atoms with van der Waals surface area (Å²) in [6, 6.07) is 12.2. The summed E-state index contributed by atoms with van der Waals surface area (Å²) in [5.41, 5.74) is 2.43. The average molecular weight is 299 g/mol. The second-order valence-corrected chi connectivity index (χ2v) is 4.96. The van der Waals surface area contributed by atoms with Gasteiger partial charge in [-0.2, -0.15) is 0 Å². The van der Waals surface area contributed by atoms with Gasteiger partial charge in [-0.1, -0.05) is 24.3 Å². The molecule has 2 aromatic rings. The third kappa shape index (κ3) is 3.85. The van der Waals surface area contributed by atoms with Crippen LogP contribution in [0.2, 0.25) is 0 Å². The summed E-state index contributed by atoms with van der Waals surface area (Å²) in [7, 11) is 0. The van der Waals surface area contributed by atoms with Gasteiger partial charge in [0.2, 0.25) is 0 Å². The van der Waals surface area contributed by atoms with Crippen LogP contribution in [0.5, 0.6) is 5.75 Å². The van der Waals surface area contributed by atoms with Gasteiger partial charge in [0, 0.05) is 5.69 Å². The SMILES string of the molecule is Cc1cccc(NC(=O)COc2c(C)cccc2C(=O)O)c1. The zero-order valence-electron chi connectivity index (χ0n) is 12.4. The normalized spacial score (nSPS) is 10.1. The number of carbonyl (C=O) groups is 2. The first-order valence-corrected chi connectivity index (χ1v) is 6.79. The minimum Gasteiger partial charge on any atom is -0.483 e. The van der Waals surface area contributed by atoms with E-state index in [0.717, 1.165) is 5.56 Å². The van der Waals surface area contributed by atoms with Crippen LogP contribution in [0, 0.1) is 13.8 Å². The van der Waals surface area contributed by atoms with Crippen LogP contribution >= 0.6 is 0 Å². The summed E-state index contributed by atoms with van der Waals surface area (Å²) < 4.78 is 5.40. The Morgan fingerprint density at radius 2 is 1.86 bits per heavy atom. The Morgan fingerprint density at radius 3 is 2.55 bits per heavy atom. The minimum atomic E-state index is -1.09. The van der Waals surface area contributed by atoms with E-state index in [0.29, 0.717) is 11.3 Å². The summed E-state index contributed by atoms with van der Waals surface area (Å²) in [5, 5.41) is 11.9. The van der Waals surface area contributed by atoms with E-state index in [2.05, 4.69) is 5.32 Å². The number of nitrogens with one attached hydrogen (secondary N) is 1. The van der Waals surface area contributed by atoms with Crippen molar-refractivity contribution < 1.29 is 19.4 Å². The van der Waals surface area contributed by atoms with Gasteiger partial charge < -0.3 is 15.2 Å². The fraction of sp³-hybridized carbons (Fsp3) is 0.176. The molecule has 0 saturated heterocycles. The van der Waals surface area contributed by atoms with E-state index < -0.39 is 5.97 Å². The van der Waals surface area contributed by atoms with E-state index in [1.165, 1.54) is 6.07 Å². The molecule has 114 valence electrons. The van der Waals surface area contributed by atoms with Gasteiger partial charge in [-0.3, -0.25) is 4.79 Å². The number of rotatable bonds is 5. The van der Waals surface area contributed by atoms with Crippen molar-refractivity contribution in [2.45, 2.75) is 13.8 Å². The number of carbonyl (C=O) groups excluding carboxylic acids is 1. The zero-order chi connectivity index (χ0) is 16.1. The fourth-order valence-electron chi connectivity index (χ4n) is 2.07. The number of anilines is 1. The Labute approximate surface area is 128 Å². The predicted molar refractivity (Wildman–Crippen MR) is 83.4 cm³/mol. The van der Waals surface area contributed by atoms with E-state index in [1.54, 1.807) is 25.1 Å². The molecule has 0 bridgehead atoms. The third-order valence-electron chi connectivity index (χ3n) is 3.09. The minimum absolute atomic E-state index is 0.0448. The highest BCUT2D eigenvalue weighted by Crippen LogP contribution is 2.23. The quantitative estimate of drug-likeness (QED) is 0.890. The molecular formula is C17H17NO4. The molecule has 0 heterocycles. The molecule has 0 unspecified atom stereocenters. The van der Waals surface area contributed by atoms with Crippen molar-refractivity contribution in [1.29, 1.82) is 0 Å². The van der Waals surface area contributed by atoms with E-state index in [9.17, 15) is 9.59 Å². The first-order valence-electron chi connectivity index (χ1n) is 6.79. The Kier molecular flexibility index (Phi) is 4.78. The first-order chi connectivity index (χ1) is 10.5.